The molecule has 0 bridgehead atoms. The number of amides is 1. The third-order valence-corrected chi connectivity index (χ3v) is 9.08. The molecule has 2 N–H and O–H groups in total. The zero-order chi connectivity index (χ0) is 28.0. The largest absolute Gasteiger partial charge is 0.389 e. The summed E-state index contributed by atoms with van der Waals surface area (Å²) in [7, 11) is 2.09. The van der Waals surface area contributed by atoms with Gasteiger partial charge in [0.2, 0.25) is 5.91 Å². The van der Waals surface area contributed by atoms with Gasteiger partial charge in [-0.15, -0.1) is 0 Å². The van der Waals surface area contributed by atoms with Gasteiger partial charge in [-0.1, -0.05) is 18.7 Å². The number of nitrogens with one attached hydrogen (secondary N) is 1. The first-order chi connectivity index (χ1) is 19.3. The highest BCUT2D eigenvalue weighted by Crippen LogP contribution is 2.35. The minimum absolute atomic E-state index is 0.0252. The first kappa shape index (κ1) is 26.9. The molecule has 1 aromatic carbocycles. The molecule has 0 radical (unpaired) electrons. The number of piperazine rings is 1. The smallest absolute Gasteiger partial charge is 0.236 e. The Morgan fingerprint density at radius 3 is 2.60 bits per heavy atom. The van der Waals surface area contributed by atoms with Crippen molar-refractivity contribution in [2.45, 2.75) is 31.9 Å². The number of carbonyl (C=O) groups is 1. The zero-order valence-electron chi connectivity index (χ0n) is 23.2. The molecule has 0 spiro atoms. The Morgan fingerprint density at radius 1 is 1.20 bits per heavy atom. The summed E-state index contributed by atoms with van der Waals surface area (Å²) in [5, 5.41) is 15.2. The topological polar surface area (TPSA) is 79.6 Å². The third-order valence-electron chi connectivity index (χ3n) is 8.01. The molecule has 1 atom stereocenters. The van der Waals surface area contributed by atoms with Gasteiger partial charge < -0.3 is 25.1 Å². The van der Waals surface area contributed by atoms with Crippen LogP contribution in [0.4, 0.5) is 15.9 Å². The van der Waals surface area contributed by atoms with Crippen molar-refractivity contribution in [2.75, 3.05) is 62.7 Å². The average molecular weight is 566 g/mol. The molecule has 6 rings (SSSR count). The summed E-state index contributed by atoms with van der Waals surface area (Å²) in [6.45, 7) is 8.88. The van der Waals surface area contributed by atoms with Crippen LogP contribution in [0.3, 0.4) is 0 Å². The Morgan fingerprint density at radius 2 is 1.93 bits per heavy atom. The minimum atomic E-state index is -0.365. The normalized spacial score (nSPS) is 20.0. The Kier molecular flexibility index (Phi) is 7.37. The van der Waals surface area contributed by atoms with Crippen LogP contribution in [-0.4, -0.2) is 94.7 Å². The minimum Gasteiger partial charge on any atom is -0.389 e. The van der Waals surface area contributed by atoms with Crippen LogP contribution in [0, 0.1) is 12.7 Å². The number of fused-ring (bicyclic) bond motifs is 1. The number of aryl methyl sites for hydroxylation is 2. The fourth-order valence-corrected chi connectivity index (χ4v) is 6.59. The maximum atomic E-state index is 13.4. The summed E-state index contributed by atoms with van der Waals surface area (Å²) in [5.41, 5.74) is 6.18. The molecule has 2 aromatic heterocycles. The van der Waals surface area contributed by atoms with E-state index in [9.17, 15) is 14.3 Å². The van der Waals surface area contributed by atoms with Gasteiger partial charge in [0.05, 0.1) is 29.7 Å². The van der Waals surface area contributed by atoms with Gasteiger partial charge in [-0.3, -0.25) is 14.1 Å². The molecule has 3 aliphatic heterocycles. The van der Waals surface area contributed by atoms with E-state index in [4.69, 9.17) is 4.98 Å². The van der Waals surface area contributed by atoms with E-state index < -0.39 is 0 Å². The van der Waals surface area contributed by atoms with Crippen LogP contribution in [0.25, 0.3) is 11.3 Å². The van der Waals surface area contributed by atoms with E-state index in [1.54, 1.807) is 28.8 Å². The van der Waals surface area contributed by atoms with Crippen LogP contribution in [-0.2, 0) is 11.2 Å². The number of β-amino-alcohol motifs (C(OH)–C–C–N with tert-alkyl or cyclic N) is 1. The van der Waals surface area contributed by atoms with Crippen molar-refractivity contribution < 1.29 is 14.3 Å². The number of aliphatic hydroxyl groups excluding tert-OH is 1. The number of hydrogen-bond acceptors (Lipinski definition) is 8. The van der Waals surface area contributed by atoms with E-state index in [1.807, 2.05) is 0 Å². The van der Waals surface area contributed by atoms with Gasteiger partial charge in [-0.05, 0) is 60.2 Å². The van der Waals surface area contributed by atoms with Gasteiger partial charge in [0.15, 0.2) is 5.50 Å². The number of imidazole rings is 1. The summed E-state index contributed by atoms with van der Waals surface area (Å²) in [5.74, 6) is 0.919. The van der Waals surface area contributed by atoms with E-state index in [0.29, 0.717) is 19.6 Å². The predicted molar refractivity (Wildman–Crippen MR) is 158 cm³/mol. The molecule has 5 heterocycles. The molecule has 3 aliphatic rings. The summed E-state index contributed by atoms with van der Waals surface area (Å²) in [6, 6.07) is 8.77. The Balaban J connectivity index is 1.18. The monoisotopic (exact) mass is 565 g/mol. The number of rotatable bonds is 7. The number of aromatic nitrogens is 2. The molecule has 1 amide bonds. The second-order valence-corrected chi connectivity index (χ2v) is 11.8. The second kappa shape index (κ2) is 10.9. The van der Waals surface area contributed by atoms with E-state index >= 15 is 0 Å². The summed E-state index contributed by atoms with van der Waals surface area (Å²) >= 11 is 1.69. The number of thioether (sulfide) groups is 1. The number of aliphatic hydroxyl groups is 1. The molecule has 1 unspecified atom stereocenters. The lowest BCUT2D eigenvalue weighted by Crippen LogP contribution is -2.57. The van der Waals surface area contributed by atoms with Gasteiger partial charge >= 0.3 is 0 Å². The van der Waals surface area contributed by atoms with Crippen LogP contribution in [0.1, 0.15) is 23.7 Å². The van der Waals surface area contributed by atoms with Crippen molar-refractivity contribution >= 4 is 40.5 Å². The second-order valence-electron chi connectivity index (χ2n) is 10.8. The molecule has 0 aliphatic carbocycles. The van der Waals surface area contributed by atoms with Crippen molar-refractivity contribution in [3.8, 4) is 0 Å². The number of halogens is 1. The summed E-state index contributed by atoms with van der Waals surface area (Å²) < 4.78 is 15.6. The molecule has 212 valence electrons. The van der Waals surface area contributed by atoms with Crippen LogP contribution in [0.5, 0.6) is 0 Å². The quantitative estimate of drug-likeness (QED) is 0.453. The highest BCUT2D eigenvalue weighted by Gasteiger charge is 2.31. The molecule has 3 aromatic rings. The van der Waals surface area contributed by atoms with Gasteiger partial charge in [-0.2, -0.15) is 0 Å². The predicted octanol–water partition coefficient (Wildman–Crippen LogP) is 2.72. The lowest BCUT2D eigenvalue weighted by Gasteiger charge is -2.39. The van der Waals surface area contributed by atoms with Crippen molar-refractivity contribution in [2.24, 2.45) is 0 Å². The number of benzene rings is 1. The van der Waals surface area contributed by atoms with Gasteiger partial charge in [0, 0.05) is 52.5 Å². The summed E-state index contributed by atoms with van der Waals surface area (Å²) in [4.78, 5) is 26.0. The van der Waals surface area contributed by atoms with E-state index in [2.05, 4.69) is 63.0 Å². The standard InChI is InChI=1S/C29H36FN7O2S/c1-4-24-28(33(3)29-32-25(18-40-29)20-5-7-21(30)8-6-20)37-14-22(13-19(2)27(37)31-24)35-11-9-34(10-12-35)17-26(39)36-15-23(38)16-36/h5-8,13-14,18,23,29,32,38H,4,9-12,15-17H2,1-3H3. The number of anilines is 2. The van der Waals surface area contributed by atoms with Crippen LogP contribution < -0.4 is 15.1 Å². The van der Waals surface area contributed by atoms with E-state index in [0.717, 1.165) is 72.3 Å². The van der Waals surface area contributed by atoms with Crippen molar-refractivity contribution in [3.05, 3.63) is 64.6 Å². The Bertz CT molecular complexity index is 1430. The average Bonchev–Trinajstić information content (AvgIpc) is 3.57. The third kappa shape index (κ3) is 5.13. The van der Waals surface area contributed by atoms with Gasteiger partial charge in [-0.25, -0.2) is 9.37 Å². The lowest BCUT2D eigenvalue weighted by atomic mass is 10.1. The number of likely N-dealkylation sites (tertiary alicyclic amines) is 1. The molecule has 0 saturated carbocycles. The molecule has 2 fully saturated rings. The molecule has 9 nitrogen and oxygen atoms in total. The molecule has 40 heavy (non-hydrogen) atoms. The lowest BCUT2D eigenvalue weighted by molar-refractivity contribution is -0.142. The Labute approximate surface area is 238 Å². The van der Waals surface area contributed by atoms with Crippen LogP contribution >= 0.6 is 11.8 Å². The van der Waals surface area contributed by atoms with Crippen molar-refractivity contribution in [1.29, 1.82) is 0 Å². The SMILES string of the molecule is CCc1nc2c(C)cc(N3CCN(CC(=O)N4CC(O)C4)CC3)cn2c1N(C)C1NC(c2ccc(F)cc2)=CS1. The van der Waals surface area contributed by atoms with Crippen LogP contribution in [0.15, 0.2) is 41.9 Å². The maximum Gasteiger partial charge on any atom is 0.236 e. The van der Waals surface area contributed by atoms with Crippen LogP contribution in [0.2, 0.25) is 0 Å². The number of nitrogens with zero attached hydrogens (tertiary/aromatic N) is 6. The number of hydrogen-bond donors (Lipinski definition) is 2. The van der Waals surface area contributed by atoms with E-state index in [1.165, 1.54) is 12.1 Å². The number of pyridine rings is 1. The van der Waals surface area contributed by atoms with Crippen molar-refractivity contribution in [3.63, 3.8) is 0 Å². The molecule has 11 heteroatoms. The molecule has 2 saturated heterocycles. The van der Waals surface area contributed by atoms with E-state index in [-0.39, 0.29) is 23.3 Å². The van der Waals surface area contributed by atoms with Gasteiger partial charge in [0.25, 0.3) is 0 Å². The maximum absolute atomic E-state index is 13.4. The first-order valence-corrected chi connectivity index (χ1v) is 14.8. The fourth-order valence-electron chi connectivity index (χ4n) is 5.64. The zero-order valence-corrected chi connectivity index (χ0v) is 24.0. The fraction of sp³-hybridized carbons (Fsp3) is 0.448. The Hall–Kier alpha value is -3.28. The highest BCUT2D eigenvalue weighted by molar-refractivity contribution is 8.03. The van der Waals surface area contributed by atoms with Crippen molar-refractivity contribution in [1.82, 2.24) is 24.5 Å². The first-order valence-electron chi connectivity index (χ1n) is 13.9. The highest BCUT2D eigenvalue weighted by atomic mass is 32.2. The number of carbonyl (C=O) groups excluding carboxylic acids is 1. The molecular weight excluding hydrogens is 529 g/mol. The summed E-state index contributed by atoms with van der Waals surface area (Å²) in [6.07, 6.45) is 2.64. The molecular formula is C29H36FN7O2S. The van der Waals surface area contributed by atoms with Gasteiger partial charge in [0.1, 0.15) is 17.3 Å².